The van der Waals surface area contributed by atoms with Crippen LogP contribution in [0, 0.1) is 5.92 Å². The molecule has 0 atom stereocenters. The fourth-order valence-electron chi connectivity index (χ4n) is 3.27. The van der Waals surface area contributed by atoms with Crippen molar-refractivity contribution in [3.8, 4) is 0 Å². The molecule has 2 heterocycles. The van der Waals surface area contributed by atoms with Crippen molar-refractivity contribution in [3.63, 3.8) is 0 Å². The number of anilines is 1. The molecule has 0 aliphatic heterocycles. The van der Waals surface area contributed by atoms with E-state index < -0.39 is 0 Å². The normalized spacial score (nSPS) is 21.7. The molecule has 1 aliphatic carbocycles. The molecule has 1 fully saturated rings. The van der Waals surface area contributed by atoms with E-state index in [9.17, 15) is 4.79 Å². The van der Waals surface area contributed by atoms with E-state index in [0.29, 0.717) is 12.6 Å². The number of nitrogens with zero attached hydrogens (tertiary/aromatic N) is 3. The number of fused-ring (bicyclic) bond motifs is 1. The van der Waals surface area contributed by atoms with Crippen LogP contribution in [-0.2, 0) is 9.53 Å². The summed E-state index contributed by atoms with van der Waals surface area (Å²) >= 11 is 0. The molecule has 0 unspecified atom stereocenters. The van der Waals surface area contributed by atoms with Crippen molar-refractivity contribution in [1.82, 2.24) is 15.0 Å². The first-order chi connectivity index (χ1) is 10.7. The fourth-order valence-corrected chi connectivity index (χ4v) is 3.27. The number of hydrogen-bond donors (Lipinski definition) is 1. The van der Waals surface area contributed by atoms with E-state index in [1.54, 1.807) is 6.33 Å². The third kappa shape index (κ3) is 2.77. The van der Waals surface area contributed by atoms with E-state index in [0.717, 1.165) is 42.5 Å². The molecule has 3 rings (SSSR count). The number of aromatic nitrogens is 3. The van der Waals surface area contributed by atoms with Gasteiger partial charge in [-0.3, -0.25) is 4.79 Å². The smallest absolute Gasteiger partial charge is 0.308 e. The highest BCUT2D eigenvalue weighted by Crippen LogP contribution is 2.31. The van der Waals surface area contributed by atoms with Gasteiger partial charge < -0.3 is 14.6 Å². The monoisotopic (exact) mass is 302 g/mol. The van der Waals surface area contributed by atoms with Gasteiger partial charge >= 0.3 is 5.97 Å². The Balaban J connectivity index is 1.68. The van der Waals surface area contributed by atoms with Crippen LogP contribution in [0.25, 0.3) is 11.0 Å². The summed E-state index contributed by atoms with van der Waals surface area (Å²) in [7, 11) is 2.07. The number of hydrogen-bond acceptors (Lipinski definition) is 5. The number of ether oxygens (including phenoxy) is 1. The maximum absolute atomic E-state index is 11.8. The SMILES string of the molecule is CCOC(=O)C1CCC(N(C)c2ncnc3[nH]ccc23)CC1. The number of nitrogens with one attached hydrogen (secondary N) is 1. The highest BCUT2D eigenvalue weighted by molar-refractivity contribution is 5.87. The fraction of sp³-hybridized carbons (Fsp3) is 0.562. The summed E-state index contributed by atoms with van der Waals surface area (Å²) in [5.74, 6) is 0.965. The van der Waals surface area contributed by atoms with Crippen molar-refractivity contribution in [2.45, 2.75) is 38.6 Å². The average Bonchev–Trinajstić information content (AvgIpc) is 3.03. The molecule has 0 amide bonds. The molecule has 1 N–H and O–H groups in total. The topological polar surface area (TPSA) is 71.1 Å². The van der Waals surface area contributed by atoms with Crippen LogP contribution in [0.1, 0.15) is 32.6 Å². The van der Waals surface area contributed by atoms with Crippen LogP contribution >= 0.6 is 0 Å². The van der Waals surface area contributed by atoms with Gasteiger partial charge in [-0.15, -0.1) is 0 Å². The number of carbonyl (C=O) groups is 1. The highest BCUT2D eigenvalue weighted by atomic mass is 16.5. The maximum atomic E-state index is 11.8. The maximum Gasteiger partial charge on any atom is 0.308 e. The zero-order chi connectivity index (χ0) is 15.5. The molecule has 0 aromatic carbocycles. The molecular weight excluding hydrogens is 280 g/mol. The Morgan fingerprint density at radius 2 is 2.14 bits per heavy atom. The predicted molar refractivity (Wildman–Crippen MR) is 84.7 cm³/mol. The van der Waals surface area contributed by atoms with Crippen LogP contribution < -0.4 is 4.90 Å². The molecule has 6 heteroatoms. The summed E-state index contributed by atoms with van der Waals surface area (Å²) in [5.41, 5.74) is 0.858. The molecule has 22 heavy (non-hydrogen) atoms. The van der Waals surface area contributed by atoms with Gasteiger partial charge in [-0.25, -0.2) is 9.97 Å². The summed E-state index contributed by atoms with van der Waals surface area (Å²) in [5, 5.41) is 1.04. The van der Waals surface area contributed by atoms with Gasteiger partial charge in [0.05, 0.1) is 17.9 Å². The molecule has 0 radical (unpaired) electrons. The summed E-state index contributed by atoms with van der Waals surface area (Å²) in [6, 6.07) is 2.41. The van der Waals surface area contributed by atoms with Crippen LogP contribution in [0.2, 0.25) is 0 Å². The van der Waals surface area contributed by atoms with Crippen molar-refractivity contribution in [1.29, 1.82) is 0 Å². The second-order valence-electron chi connectivity index (χ2n) is 5.81. The van der Waals surface area contributed by atoms with Gasteiger partial charge in [0.1, 0.15) is 17.8 Å². The first-order valence-corrected chi connectivity index (χ1v) is 7.88. The summed E-state index contributed by atoms with van der Waals surface area (Å²) in [6.45, 7) is 2.32. The van der Waals surface area contributed by atoms with E-state index in [2.05, 4.69) is 26.9 Å². The van der Waals surface area contributed by atoms with E-state index in [-0.39, 0.29) is 11.9 Å². The second-order valence-corrected chi connectivity index (χ2v) is 5.81. The summed E-state index contributed by atoms with van der Waals surface area (Å²) in [6.07, 6.45) is 7.21. The van der Waals surface area contributed by atoms with Crippen molar-refractivity contribution < 1.29 is 9.53 Å². The summed E-state index contributed by atoms with van der Waals surface area (Å²) in [4.78, 5) is 25.8. The van der Waals surface area contributed by atoms with Crippen molar-refractivity contribution >= 4 is 22.8 Å². The van der Waals surface area contributed by atoms with Gasteiger partial charge in [0.25, 0.3) is 0 Å². The molecule has 0 bridgehead atoms. The van der Waals surface area contributed by atoms with Crippen molar-refractivity contribution in [2.75, 3.05) is 18.6 Å². The van der Waals surface area contributed by atoms with Gasteiger partial charge in [0.15, 0.2) is 0 Å². The van der Waals surface area contributed by atoms with Gasteiger partial charge in [0, 0.05) is 19.3 Å². The molecule has 6 nitrogen and oxygen atoms in total. The first-order valence-electron chi connectivity index (χ1n) is 7.88. The van der Waals surface area contributed by atoms with Crippen molar-refractivity contribution in [2.24, 2.45) is 5.92 Å². The third-order valence-corrected chi connectivity index (χ3v) is 4.53. The molecule has 0 saturated heterocycles. The van der Waals surface area contributed by atoms with Gasteiger partial charge in [0.2, 0.25) is 0 Å². The van der Waals surface area contributed by atoms with E-state index in [1.165, 1.54) is 0 Å². The number of rotatable bonds is 4. The molecule has 1 aliphatic rings. The van der Waals surface area contributed by atoms with Gasteiger partial charge in [-0.2, -0.15) is 0 Å². The van der Waals surface area contributed by atoms with Crippen LogP contribution in [0.15, 0.2) is 18.6 Å². The number of H-pyrrole nitrogens is 1. The van der Waals surface area contributed by atoms with Crippen LogP contribution in [0.4, 0.5) is 5.82 Å². The van der Waals surface area contributed by atoms with Crippen LogP contribution in [-0.4, -0.2) is 40.6 Å². The van der Waals surface area contributed by atoms with Crippen molar-refractivity contribution in [3.05, 3.63) is 18.6 Å². The van der Waals surface area contributed by atoms with Crippen LogP contribution in [0.5, 0.6) is 0 Å². The summed E-state index contributed by atoms with van der Waals surface area (Å²) < 4.78 is 5.13. The minimum Gasteiger partial charge on any atom is -0.466 e. The Hall–Kier alpha value is -2.11. The molecule has 1 saturated carbocycles. The van der Waals surface area contributed by atoms with Crippen LogP contribution in [0.3, 0.4) is 0 Å². The lowest BCUT2D eigenvalue weighted by molar-refractivity contribution is -0.149. The number of aromatic amines is 1. The van der Waals surface area contributed by atoms with Gasteiger partial charge in [-0.05, 0) is 38.7 Å². The Kier molecular flexibility index (Phi) is 4.27. The van der Waals surface area contributed by atoms with E-state index in [4.69, 9.17) is 4.74 Å². The minimum atomic E-state index is -0.0429. The lowest BCUT2D eigenvalue weighted by atomic mass is 9.85. The molecular formula is C16H22N4O2. The quantitative estimate of drug-likeness (QED) is 0.879. The largest absolute Gasteiger partial charge is 0.466 e. The Morgan fingerprint density at radius 3 is 2.86 bits per heavy atom. The average molecular weight is 302 g/mol. The standard InChI is InChI=1S/C16H22N4O2/c1-3-22-16(21)11-4-6-12(7-5-11)20(2)15-13-8-9-17-14(13)18-10-19-15/h8-12H,3-7H2,1-2H3,(H,17,18,19). The van der Waals surface area contributed by atoms with Gasteiger partial charge in [-0.1, -0.05) is 0 Å². The second kappa shape index (κ2) is 6.34. The lowest BCUT2D eigenvalue weighted by Crippen LogP contribution is -2.37. The zero-order valence-corrected chi connectivity index (χ0v) is 13.1. The van der Waals surface area contributed by atoms with E-state index in [1.807, 2.05) is 19.2 Å². The zero-order valence-electron chi connectivity index (χ0n) is 13.1. The predicted octanol–water partition coefficient (Wildman–Crippen LogP) is 2.52. The first kappa shape index (κ1) is 14.8. The van der Waals surface area contributed by atoms with E-state index >= 15 is 0 Å². The molecule has 0 spiro atoms. The Bertz CT molecular complexity index is 646. The Labute approximate surface area is 129 Å². The highest BCUT2D eigenvalue weighted by Gasteiger charge is 2.30. The number of esters is 1. The lowest BCUT2D eigenvalue weighted by Gasteiger charge is -2.34. The number of carbonyl (C=O) groups excluding carboxylic acids is 1. The minimum absolute atomic E-state index is 0.0429. The molecule has 2 aromatic rings. The molecule has 2 aromatic heterocycles. The third-order valence-electron chi connectivity index (χ3n) is 4.53. The molecule has 118 valence electrons. The Morgan fingerprint density at radius 1 is 1.36 bits per heavy atom.